The summed E-state index contributed by atoms with van der Waals surface area (Å²) in [6, 6.07) is 25.5. The lowest BCUT2D eigenvalue weighted by Crippen LogP contribution is -2.33. The van der Waals surface area contributed by atoms with E-state index in [-0.39, 0.29) is 18.6 Å². The zero-order valence-corrected chi connectivity index (χ0v) is 15.2. The molecule has 0 heterocycles. The van der Waals surface area contributed by atoms with Gasteiger partial charge in [-0.15, -0.1) is 0 Å². The third-order valence-corrected chi connectivity index (χ3v) is 4.26. The molecular formula is C22H17ClN2O2. The van der Waals surface area contributed by atoms with E-state index >= 15 is 0 Å². The van der Waals surface area contributed by atoms with Crippen LogP contribution in [0.4, 0.5) is 0 Å². The second kappa shape index (κ2) is 8.88. The van der Waals surface area contributed by atoms with Gasteiger partial charge in [0.25, 0.3) is 5.91 Å². The van der Waals surface area contributed by atoms with E-state index in [0.29, 0.717) is 16.3 Å². The summed E-state index contributed by atoms with van der Waals surface area (Å²) in [4.78, 5) is 12.5. The monoisotopic (exact) mass is 376 g/mol. The van der Waals surface area contributed by atoms with Crippen LogP contribution >= 0.6 is 11.6 Å². The molecule has 5 heteroatoms. The molecule has 0 spiro atoms. The van der Waals surface area contributed by atoms with Crippen molar-refractivity contribution in [2.45, 2.75) is 6.04 Å². The second-order valence-corrected chi connectivity index (χ2v) is 6.30. The lowest BCUT2D eigenvalue weighted by atomic mass is 9.99. The van der Waals surface area contributed by atoms with Crippen LogP contribution in [0.15, 0.2) is 78.9 Å². The van der Waals surface area contributed by atoms with Crippen molar-refractivity contribution in [2.24, 2.45) is 0 Å². The van der Waals surface area contributed by atoms with Gasteiger partial charge in [-0.1, -0.05) is 66.2 Å². The van der Waals surface area contributed by atoms with Crippen LogP contribution in [0.2, 0.25) is 5.02 Å². The smallest absolute Gasteiger partial charge is 0.258 e. The van der Waals surface area contributed by atoms with Gasteiger partial charge in [0.2, 0.25) is 0 Å². The number of halogens is 1. The quantitative estimate of drug-likeness (QED) is 0.689. The lowest BCUT2D eigenvalue weighted by molar-refractivity contribution is -0.123. The van der Waals surface area contributed by atoms with Gasteiger partial charge in [0.1, 0.15) is 11.8 Å². The fourth-order valence-electron chi connectivity index (χ4n) is 2.69. The van der Waals surface area contributed by atoms with Crippen LogP contribution in [0.3, 0.4) is 0 Å². The highest BCUT2D eigenvalue weighted by Crippen LogP contribution is 2.23. The maximum atomic E-state index is 12.5. The molecule has 1 N–H and O–H groups in total. The van der Waals surface area contributed by atoms with Gasteiger partial charge in [0, 0.05) is 5.02 Å². The van der Waals surface area contributed by atoms with Crippen LogP contribution in [-0.4, -0.2) is 12.5 Å². The number of amides is 1. The highest BCUT2D eigenvalue weighted by Gasteiger charge is 2.17. The van der Waals surface area contributed by atoms with Crippen LogP contribution in [0, 0.1) is 11.3 Å². The van der Waals surface area contributed by atoms with Gasteiger partial charge < -0.3 is 10.1 Å². The number of nitrogens with one attached hydrogen (secondary N) is 1. The van der Waals surface area contributed by atoms with Gasteiger partial charge in [-0.2, -0.15) is 5.26 Å². The van der Waals surface area contributed by atoms with Crippen molar-refractivity contribution in [1.29, 1.82) is 5.26 Å². The minimum Gasteiger partial charge on any atom is -0.482 e. The third-order valence-electron chi connectivity index (χ3n) is 4.01. The summed E-state index contributed by atoms with van der Waals surface area (Å²) in [5, 5.41) is 12.7. The minimum absolute atomic E-state index is 0.185. The molecule has 134 valence electrons. The number of benzene rings is 3. The van der Waals surface area contributed by atoms with Crippen LogP contribution in [0.25, 0.3) is 0 Å². The van der Waals surface area contributed by atoms with Crippen molar-refractivity contribution in [3.05, 3.63) is 101 Å². The van der Waals surface area contributed by atoms with E-state index < -0.39 is 0 Å². The number of hydrogen-bond donors (Lipinski definition) is 1. The SMILES string of the molecule is N#Cc1ccccc1OCC(=O)NC(c1ccccc1)c1ccc(Cl)cc1. The Hall–Kier alpha value is -3.29. The van der Waals surface area contributed by atoms with Crippen molar-refractivity contribution in [3.8, 4) is 11.8 Å². The molecule has 0 fully saturated rings. The Kier molecular flexibility index (Phi) is 6.09. The van der Waals surface area contributed by atoms with Gasteiger partial charge >= 0.3 is 0 Å². The van der Waals surface area contributed by atoms with Crippen molar-refractivity contribution >= 4 is 17.5 Å². The first-order valence-electron chi connectivity index (χ1n) is 8.39. The Balaban J connectivity index is 1.75. The number of carbonyl (C=O) groups excluding carboxylic acids is 1. The minimum atomic E-state index is -0.328. The first-order valence-corrected chi connectivity index (χ1v) is 8.77. The number of rotatable bonds is 6. The molecule has 0 aliphatic rings. The summed E-state index contributed by atoms with van der Waals surface area (Å²) >= 11 is 5.98. The summed E-state index contributed by atoms with van der Waals surface area (Å²) < 4.78 is 5.53. The van der Waals surface area contributed by atoms with Crippen LogP contribution in [0.1, 0.15) is 22.7 Å². The number of nitrogens with zero attached hydrogens (tertiary/aromatic N) is 1. The molecule has 1 amide bonds. The summed E-state index contributed by atoms with van der Waals surface area (Å²) in [7, 11) is 0. The number of nitriles is 1. The average Bonchev–Trinajstić information content (AvgIpc) is 2.72. The molecule has 27 heavy (non-hydrogen) atoms. The average molecular weight is 377 g/mol. The molecule has 0 saturated carbocycles. The molecule has 1 unspecified atom stereocenters. The highest BCUT2D eigenvalue weighted by atomic mass is 35.5. The van der Waals surface area contributed by atoms with E-state index in [1.807, 2.05) is 48.5 Å². The Bertz CT molecular complexity index is 950. The number of carbonyl (C=O) groups is 1. The van der Waals surface area contributed by atoms with E-state index in [9.17, 15) is 4.79 Å². The van der Waals surface area contributed by atoms with Gasteiger partial charge in [-0.05, 0) is 35.4 Å². The van der Waals surface area contributed by atoms with Gasteiger partial charge in [-0.25, -0.2) is 0 Å². The fraction of sp³-hybridized carbons (Fsp3) is 0.0909. The zero-order valence-electron chi connectivity index (χ0n) is 14.4. The van der Waals surface area contributed by atoms with Crippen LogP contribution in [0.5, 0.6) is 5.75 Å². The van der Waals surface area contributed by atoms with E-state index in [0.717, 1.165) is 11.1 Å². The molecule has 3 rings (SSSR count). The predicted octanol–water partition coefficient (Wildman–Crippen LogP) is 4.50. The van der Waals surface area contributed by atoms with Crippen molar-refractivity contribution in [3.63, 3.8) is 0 Å². The largest absolute Gasteiger partial charge is 0.482 e. The first kappa shape index (κ1) is 18.5. The molecule has 0 aliphatic heterocycles. The maximum absolute atomic E-state index is 12.5. The number of hydrogen-bond acceptors (Lipinski definition) is 3. The maximum Gasteiger partial charge on any atom is 0.258 e. The molecule has 4 nitrogen and oxygen atoms in total. The molecular weight excluding hydrogens is 360 g/mol. The molecule has 3 aromatic carbocycles. The van der Waals surface area contributed by atoms with Gasteiger partial charge in [-0.3, -0.25) is 4.79 Å². The standard InChI is InChI=1S/C22H17ClN2O2/c23-19-12-10-17(11-13-19)22(16-6-2-1-3-7-16)25-21(26)15-27-20-9-5-4-8-18(20)14-24/h1-13,22H,15H2,(H,25,26). The zero-order chi connectivity index (χ0) is 19.1. The van der Waals surface area contributed by atoms with Gasteiger partial charge in [0.05, 0.1) is 11.6 Å². The van der Waals surface area contributed by atoms with Crippen molar-refractivity contribution < 1.29 is 9.53 Å². The number of ether oxygens (including phenoxy) is 1. The van der Waals surface area contributed by atoms with E-state index in [1.165, 1.54) is 0 Å². The van der Waals surface area contributed by atoms with E-state index in [2.05, 4.69) is 5.32 Å². The third kappa shape index (κ3) is 4.87. The summed E-state index contributed by atoms with van der Waals surface area (Å²) in [6.07, 6.45) is 0. The Morgan fingerprint density at radius 2 is 1.59 bits per heavy atom. The normalized spacial score (nSPS) is 11.3. The number of para-hydroxylation sites is 1. The topological polar surface area (TPSA) is 62.1 Å². The molecule has 1 atom stereocenters. The summed E-state index contributed by atoms with van der Waals surface area (Å²) in [5.74, 6) is 0.101. The van der Waals surface area contributed by atoms with Gasteiger partial charge in [0.15, 0.2) is 6.61 Å². The second-order valence-electron chi connectivity index (χ2n) is 5.86. The molecule has 0 aliphatic carbocycles. The molecule has 0 bridgehead atoms. The summed E-state index contributed by atoms with van der Waals surface area (Å²) in [5.41, 5.74) is 2.25. The van der Waals surface area contributed by atoms with Crippen LogP contribution in [-0.2, 0) is 4.79 Å². The Morgan fingerprint density at radius 3 is 2.30 bits per heavy atom. The lowest BCUT2D eigenvalue weighted by Gasteiger charge is -2.20. The van der Waals surface area contributed by atoms with Crippen molar-refractivity contribution in [2.75, 3.05) is 6.61 Å². The molecule has 0 aromatic heterocycles. The van der Waals surface area contributed by atoms with Crippen LogP contribution < -0.4 is 10.1 Å². The molecule has 0 saturated heterocycles. The molecule has 3 aromatic rings. The summed E-state index contributed by atoms with van der Waals surface area (Å²) in [6.45, 7) is -0.185. The fourth-order valence-corrected chi connectivity index (χ4v) is 2.82. The molecule has 0 radical (unpaired) electrons. The Morgan fingerprint density at radius 1 is 0.963 bits per heavy atom. The van der Waals surface area contributed by atoms with E-state index in [1.54, 1.807) is 36.4 Å². The van der Waals surface area contributed by atoms with Crippen molar-refractivity contribution in [1.82, 2.24) is 5.32 Å². The van der Waals surface area contributed by atoms with E-state index in [4.69, 9.17) is 21.6 Å². The first-order chi connectivity index (χ1) is 13.2. The predicted molar refractivity (Wildman–Crippen MR) is 105 cm³/mol. The Labute approximate surface area is 163 Å². The highest BCUT2D eigenvalue weighted by molar-refractivity contribution is 6.30.